The van der Waals surface area contributed by atoms with Gasteiger partial charge in [0.2, 0.25) is 18.4 Å². The number of nitrogens with two attached hydrogens (primary N) is 1. The highest BCUT2D eigenvalue weighted by Crippen LogP contribution is 2.46. The lowest BCUT2D eigenvalue weighted by molar-refractivity contribution is 0.171. The van der Waals surface area contributed by atoms with Crippen molar-refractivity contribution >= 4 is 5.88 Å². The van der Waals surface area contributed by atoms with Gasteiger partial charge in [0.15, 0.2) is 11.5 Å². The van der Waals surface area contributed by atoms with Crippen molar-refractivity contribution in [3.8, 4) is 28.4 Å². The lowest BCUT2D eigenvalue weighted by atomic mass is 10.1. The van der Waals surface area contributed by atoms with Crippen LogP contribution in [0, 0.1) is 0 Å². The van der Waals surface area contributed by atoms with Gasteiger partial charge >= 0.3 is 0 Å². The summed E-state index contributed by atoms with van der Waals surface area (Å²) in [6.45, 7) is 0.103. The molecule has 0 fully saturated rings. The first-order chi connectivity index (χ1) is 7.77. The molecule has 0 amide bonds. The molecule has 82 valence electrons. The van der Waals surface area contributed by atoms with E-state index >= 15 is 0 Å². The van der Waals surface area contributed by atoms with Gasteiger partial charge in [0.25, 0.3) is 0 Å². The number of nitrogens with zero attached hydrogens (tertiary/aromatic N) is 1. The number of fused-ring (bicyclic) bond motifs is 1. The first-order valence-electron chi connectivity index (χ1n) is 4.59. The highest BCUT2D eigenvalue weighted by molar-refractivity contribution is 5.80. The molecule has 0 saturated carbocycles. The third kappa shape index (κ3) is 1.10. The SMILES string of the molecule is Nc1oncc1-c1ccc2c(c1O)OCO2. The van der Waals surface area contributed by atoms with E-state index in [1.165, 1.54) is 6.20 Å². The molecule has 16 heavy (non-hydrogen) atoms. The summed E-state index contributed by atoms with van der Waals surface area (Å²) in [6, 6.07) is 3.37. The van der Waals surface area contributed by atoms with Crippen LogP contribution in [0.4, 0.5) is 5.88 Å². The van der Waals surface area contributed by atoms with Gasteiger partial charge in [-0.05, 0) is 12.1 Å². The van der Waals surface area contributed by atoms with Gasteiger partial charge < -0.3 is 24.8 Å². The predicted octanol–water partition coefficient (Wildman–Crippen LogP) is 1.36. The molecule has 0 bridgehead atoms. The quantitative estimate of drug-likeness (QED) is 0.753. The molecular formula is C10H8N2O4. The molecular weight excluding hydrogens is 212 g/mol. The fraction of sp³-hybridized carbons (Fsp3) is 0.100. The van der Waals surface area contributed by atoms with Crippen LogP contribution in [-0.4, -0.2) is 17.1 Å². The number of hydrogen-bond donors (Lipinski definition) is 2. The molecule has 0 spiro atoms. The summed E-state index contributed by atoms with van der Waals surface area (Å²) in [7, 11) is 0. The smallest absolute Gasteiger partial charge is 0.231 e. The molecule has 2 aromatic rings. The zero-order valence-electron chi connectivity index (χ0n) is 8.14. The fourth-order valence-corrected chi connectivity index (χ4v) is 1.63. The molecule has 1 aliphatic rings. The van der Waals surface area contributed by atoms with Crippen molar-refractivity contribution in [2.45, 2.75) is 0 Å². The van der Waals surface area contributed by atoms with Crippen LogP contribution in [-0.2, 0) is 0 Å². The van der Waals surface area contributed by atoms with Gasteiger partial charge in [-0.15, -0.1) is 0 Å². The van der Waals surface area contributed by atoms with E-state index in [2.05, 4.69) is 5.16 Å². The molecule has 0 saturated heterocycles. The van der Waals surface area contributed by atoms with Crippen molar-refractivity contribution in [2.24, 2.45) is 0 Å². The van der Waals surface area contributed by atoms with Gasteiger partial charge in [-0.25, -0.2) is 0 Å². The number of rotatable bonds is 1. The number of anilines is 1. The van der Waals surface area contributed by atoms with Crippen molar-refractivity contribution < 1.29 is 19.1 Å². The van der Waals surface area contributed by atoms with E-state index in [-0.39, 0.29) is 18.4 Å². The molecule has 0 unspecified atom stereocenters. The molecule has 0 aliphatic carbocycles. The summed E-state index contributed by atoms with van der Waals surface area (Å²) in [5, 5.41) is 13.5. The predicted molar refractivity (Wildman–Crippen MR) is 54.1 cm³/mol. The Balaban J connectivity index is 2.20. The van der Waals surface area contributed by atoms with Crippen molar-refractivity contribution in [3.05, 3.63) is 18.3 Å². The van der Waals surface area contributed by atoms with Gasteiger partial charge in [0, 0.05) is 5.56 Å². The summed E-state index contributed by atoms with van der Waals surface area (Å²) >= 11 is 0. The maximum absolute atomic E-state index is 9.98. The Bertz CT molecular complexity index is 550. The summed E-state index contributed by atoms with van der Waals surface area (Å²) in [5.41, 5.74) is 6.60. The van der Waals surface area contributed by atoms with Crippen LogP contribution >= 0.6 is 0 Å². The third-order valence-corrected chi connectivity index (χ3v) is 2.40. The van der Waals surface area contributed by atoms with Gasteiger partial charge in [-0.3, -0.25) is 0 Å². The average Bonchev–Trinajstić information content (AvgIpc) is 2.88. The van der Waals surface area contributed by atoms with Crippen LogP contribution in [0.3, 0.4) is 0 Å². The third-order valence-electron chi connectivity index (χ3n) is 2.40. The van der Waals surface area contributed by atoms with E-state index < -0.39 is 0 Å². The molecule has 1 aromatic carbocycles. The van der Waals surface area contributed by atoms with Crippen molar-refractivity contribution in [1.82, 2.24) is 5.16 Å². The normalized spacial score (nSPS) is 13.0. The van der Waals surface area contributed by atoms with Gasteiger partial charge in [0.05, 0.1) is 11.8 Å². The van der Waals surface area contributed by atoms with E-state index in [0.29, 0.717) is 22.6 Å². The number of phenolic OH excluding ortho intramolecular Hbond substituents is 1. The number of nitrogen functional groups attached to an aromatic ring is 1. The van der Waals surface area contributed by atoms with E-state index in [1.807, 2.05) is 0 Å². The summed E-state index contributed by atoms with van der Waals surface area (Å²) in [5.74, 6) is 0.952. The van der Waals surface area contributed by atoms with Gasteiger partial charge in [-0.1, -0.05) is 5.16 Å². The van der Waals surface area contributed by atoms with Crippen LogP contribution in [0.5, 0.6) is 17.2 Å². The van der Waals surface area contributed by atoms with E-state index in [1.54, 1.807) is 12.1 Å². The van der Waals surface area contributed by atoms with Gasteiger partial charge in [0.1, 0.15) is 0 Å². The molecule has 6 heteroatoms. The molecule has 3 N–H and O–H groups in total. The average molecular weight is 220 g/mol. The Morgan fingerprint density at radius 1 is 1.25 bits per heavy atom. The van der Waals surface area contributed by atoms with Crippen molar-refractivity contribution in [2.75, 3.05) is 12.5 Å². The van der Waals surface area contributed by atoms with Crippen LogP contribution in [0.2, 0.25) is 0 Å². The lowest BCUT2D eigenvalue weighted by Crippen LogP contribution is -1.93. The Labute approximate surface area is 90.2 Å². The maximum Gasteiger partial charge on any atom is 0.231 e. The Morgan fingerprint density at radius 3 is 2.88 bits per heavy atom. The highest BCUT2D eigenvalue weighted by atomic mass is 16.7. The summed E-state index contributed by atoms with van der Waals surface area (Å²) in [6.07, 6.45) is 1.44. The van der Waals surface area contributed by atoms with E-state index in [9.17, 15) is 5.11 Å². The zero-order valence-corrected chi connectivity index (χ0v) is 8.14. The first-order valence-corrected chi connectivity index (χ1v) is 4.59. The monoisotopic (exact) mass is 220 g/mol. The molecule has 3 rings (SSSR count). The van der Waals surface area contributed by atoms with E-state index in [4.69, 9.17) is 19.7 Å². The summed E-state index contributed by atoms with van der Waals surface area (Å²) in [4.78, 5) is 0. The largest absolute Gasteiger partial charge is 0.504 e. The minimum Gasteiger partial charge on any atom is -0.504 e. The second kappa shape index (κ2) is 3.06. The van der Waals surface area contributed by atoms with Crippen LogP contribution in [0.1, 0.15) is 0 Å². The molecule has 6 nitrogen and oxygen atoms in total. The topological polar surface area (TPSA) is 90.7 Å². The fourth-order valence-electron chi connectivity index (χ4n) is 1.63. The molecule has 1 aromatic heterocycles. The maximum atomic E-state index is 9.98. The van der Waals surface area contributed by atoms with Crippen molar-refractivity contribution in [1.29, 1.82) is 0 Å². The Morgan fingerprint density at radius 2 is 2.12 bits per heavy atom. The number of aromatic hydroxyl groups is 1. The first kappa shape index (κ1) is 8.90. The Hall–Kier alpha value is -2.37. The van der Waals surface area contributed by atoms with E-state index in [0.717, 1.165) is 0 Å². The molecule has 1 aliphatic heterocycles. The number of aromatic nitrogens is 1. The summed E-state index contributed by atoms with van der Waals surface area (Å²) < 4.78 is 15.0. The molecule has 2 heterocycles. The van der Waals surface area contributed by atoms with Crippen LogP contribution < -0.4 is 15.2 Å². The van der Waals surface area contributed by atoms with Gasteiger partial charge in [-0.2, -0.15) is 0 Å². The highest BCUT2D eigenvalue weighted by Gasteiger charge is 2.22. The van der Waals surface area contributed by atoms with Crippen LogP contribution in [0.25, 0.3) is 11.1 Å². The number of benzene rings is 1. The molecule has 0 radical (unpaired) electrons. The van der Waals surface area contributed by atoms with Crippen molar-refractivity contribution in [3.63, 3.8) is 0 Å². The Kier molecular flexibility index (Phi) is 1.70. The second-order valence-electron chi connectivity index (χ2n) is 3.30. The number of hydrogen-bond acceptors (Lipinski definition) is 6. The second-order valence-corrected chi connectivity index (χ2v) is 3.30. The standard InChI is InChI=1S/C10H8N2O4/c11-10-6(3-12-16-10)5-1-2-7-9(8(5)13)15-4-14-7/h1-3,13H,4,11H2. The zero-order chi connectivity index (χ0) is 11.1. The number of phenols is 1. The minimum atomic E-state index is -0.0232. The lowest BCUT2D eigenvalue weighted by Gasteiger charge is -2.04. The minimum absolute atomic E-state index is 0.0232. The number of ether oxygens (including phenoxy) is 2. The van der Waals surface area contributed by atoms with Crippen LogP contribution in [0.15, 0.2) is 22.9 Å². The molecule has 0 atom stereocenters.